The van der Waals surface area contributed by atoms with Crippen molar-refractivity contribution in [3.63, 3.8) is 0 Å². The topological polar surface area (TPSA) is 17.1 Å². The van der Waals surface area contributed by atoms with Gasteiger partial charge in [0.05, 0.1) is 0 Å². The molecule has 2 heteroatoms. The Hall–Kier alpha value is -1.63. The molecule has 10 aliphatic rings. The molecule has 1 spiro atoms. The number of hydrogen-bond donors (Lipinski definition) is 0. The molecule has 1 nitrogen and oxygen atoms in total. The molecule has 2 aromatic carbocycles. The first-order valence-corrected chi connectivity index (χ1v) is 16.8. The Morgan fingerprint density at radius 2 is 1.33 bits per heavy atom. The van der Waals surface area contributed by atoms with Gasteiger partial charge in [0.2, 0.25) is 0 Å². The summed E-state index contributed by atoms with van der Waals surface area (Å²) < 4.78 is 0.904. The van der Waals surface area contributed by atoms with Crippen molar-refractivity contribution >= 4 is 11.9 Å². The van der Waals surface area contributed by atoms with Gasteiger partial charge in [0.25, 0.3) is 0 Å². The van der Waals surface area contributed by atoms with E-state index < -0.39 is 6.51 Å². The van der Waals surface area contributed by atoms with Crippen LogP contribution in [0.2, 0.25) is 42.8 Å². The summed E-state index contributed by atoms with van der Waals surface area (Å²) >= 11 is 0. The van der Waals surface area contributed by atoms with Gasteiger partial charge in [-0.25, -0.2) is 0 Å². The van der Waals surface area contributed by atoms with Crippen molar-refractivity contribution < 1.29 is 11.3 Å². The molecular weight excluding hydrogens is 372 g/mol. The molecule has 27 heavy (non-hydrogen) atoms. The first kappa shape index (κ1) is 11.4. The Morgan fingerprint density at radius 1 is 0.778 bits per heavy atom. The zero-order chi connectivity index (χ0) is 17.2. The molecule has 10 saturated heterocycles. The van der Waals surface area contributed by atoms with Gasteiger partial charge in [0.15, 0.2) is 0 Å². The summed E-state index contributed by atoms with van der Waals surface area (Å²) in [6.07, 6.45) is 4.15. The predicted octanol–water partition coefficient (Wildman–Crippen LogP) is 6.14. The van der Waals surface area contributed by atoms with Gasteiger partial charge in [0.1, 0.15) is 0 Å². The molecular formula is C25H20FeO. The van der Waals surface area contributed by atoms with Crippen molar-refractivity contribution in [2.75, 3.05) is 0 Å². The van der Waals surface area contributed by atoms with Crippen LogP contribution < -0.4 is 0 Å². The zero-order valence-electron chi connectivity index (χ0n) is 14.8. The molecule has 8 unspecified atom stereocenters. The van der Waals surface area contributed by atoms with E-state index in [4.69, 9.17) is 0 Å². The fourth-order valence-corrected chi connectivity index (χ4v) is 95.5. The molecule has 134 valence electrons. The molecule has 10 heterocycles. The van der Waals surface area contributed by atoms with Crippen molar-refractivity contribution in [2.45, 2.75) is 47.2 Å². The summed E-state index contributed by atoms with van der Waals surface area (Å²) in [4.78, 5) is 22.6. The molecule has 0 radical (unpaired) electrons. The summed E-state index contributed by atoms with van der Waals surface area (Å²) in [7, 11) is 0. The number of carbonyl (C=O) groups is 1. The molecule has 0 saturated carbocycles. The van der Waals surface area contributed by atoms with Gasteiger partial charge in [-0.1, -0.05) is 0 Å². The van der Waals surface area contributed by atoms with Gasteiger partial charge in [-0.15, -0.1) is 0 Å². The van der Waals surface area contributed by atoms with Crippen LogP contribution in [0.3, 0.4) is 0 Å². The van der Waals surface area contributed by atoms with E-state index in [1.807, 2.05) is 12.1 Å². The molecule has 8 atom stereocenters. The second-order valence-electron chi connectivity index (χ2n) is 13.3. The zero-order valence-corrected chi connectivity index (χ0v) is 15.9. The molecule has 0 bridgehead atoms. The van der Waals surface area contributed by atoms with Crippen molar-refractivity contribution in [1.82, 2.24) is 0 Å². The van der Waals surface area contributed by atoms with E-state index in [0.29, 0.717) is 10.1 Å². The van der Waals surface area contributed by atoms with E-state index in [2.05, 4.69) is 60.7 Å². The predicted molar refractivity (Wildman–Crippen MR) is 101 cm³/mol. The molecule has 10 aliphatic heterocycles. The van der Waals surface area contributed by atoms with E-state index in [1.165, 1.54) is 5.56 Å². The first-order valence-electron chi connectivity index (χ1n) is 10.6. The fraction of sp³-hybridized carbons (Fsp3) is 0.400. The summed E-state index contributed by atoms with van der Waals surface area (Å²) in [6.45, 7) is -3.72. The number of benzene rings is 2. The summed E-state index contributed by atoms with van der Waals surface area (Å²) in [5.74, 6) is 0.605. The number of carbonyl (C=O) groups excluding carboxylic acids is 1. The van der Waals surface area contributed by atoms with Gasteiger partial charge in [-0.2, -0.15) is 0 Å². The maximum absolute atomic E-state index is 13.9. The van der Waals surface area contributed by atoms with E-state index in [-0.39, 0.29) is 4.31 Å². The molecule has 0 amide bonds. The van der Waals surface area contributed by atoms with Crippen molar-refractivity contribution in [2.24, 2.45) is 0 Å². The van der Waals surface area contributed by atoms with Crippen molar-refractivity contribution in [1.29, 1.82) is 0 Å². The van der Waals surface area contributed by atoms with Crippen LogP contribution in [0.5, 0.6) is 0 Å². The second-order valence-corrected chi connectivity index (χ2v) is 36.5. The van der Waals surface area contributed by atoms with Crippen LogP contribution >= 0.6 is 0 Å². The standard InChI is InChI=1S/C14H11O.C11H9.Fe/c15-14(13-8-4-5-9-13)11-10-12-6-2-1-3-7-12;1-2-6-10(7-3-1)11-8-4-5-9-11;/h1-11H;1-9H;. The minimum absolute atomic E-state index is 0.273. The Bertz CT molecular complexity index is 1630. The number of rotatable bonds is 4. The fourth-order valence-electron chi connectivity index (χ4n) is 19.6. The van der Waals surface area contributed by atoms with Crippen LogP contribution in [0, 0.1) is 0 Å². The van der Waals surface area contributed by atoms with Crippen molar-refractivity contribution in [3.05, 3.63) is 77.9 Å². The summed E-state index contributed by atoms with van der Waals surface area (Å²) in [6, 6.07) is 22.1. The Morgan fingerprint density at radius 3 is 1.89 bits per heavy atom. The molecule has 10 fully saturated rings. The van der Waals surface area contributed by atoms with Crippen molar-refractivity contribution in [3.8, 4) is 0 Å². The third-order valence-electron chi connectivity index (χ3n) is 17.6. The number of ketones is 1. The normalized spacial score (nSPS) is 82.1. The number of hydrogen-bond acceptors (Lipinski definition) is 1. The molecule has 0 aliphatic carbocycles. The Kier molecular flexibility index (Phi) is 0.557. The van der Waals surface area contributed by atoms with Crippen LogP contribution in [-0.2, 0) is 15.6 Å². The van der Waals surface area contributed by atoms with E-state index >= 15 is 0 Å². The number of allylic oxidation sites excluding steroid dienone is 1. The van der Waals surface area contributed by atoms with E-state index in [0.717, 1.165) is 38.5 Å². The van der Waals surface area contributed by atoms with E-state index in [9.17, 15) is 4.79 Å². The third-order valence-corrected chi connectivity index (χ3v) is 60.4. The molecule has 0 N–H and O–H groups in total. The Balaban J connectivity index is 1.17. The third kappa shape index (κ3) is 0.184. The van der Waals surface area contributed by atoms with Gasteiger partial charge >= 0.3 is 148 Å². The van der Waals surface area contributed by atoms with E-state index in [1.54, 1.807) is 5.56 Å². The molecule has 12 rings (SSSR count). The Labute approximate surface area is 148 Å². The van der Waals surface area contributed by atoms with Gasteiger partial charge < -0.3 is 0 Å². The summed E-state index contributed by atoms with van der Waals surface area (Å²) in [5.41, 5.74) is 2.88. The number of fused-ring (bicyclic) bond motifs is 10. The van der Waals surface area contributed by atoms with Crippen LogP contribution in [0.25, 0.3) is 6.08 Å². The van der Waals surface area contributed by atoms with Gasteiger partial charge in [0, 0.05) is 0 Å². The average Bonchev–Trinajstić information content (AvgIpc) is 3.67. The van der Waals surface area contributed by atoms with Gasteiger partial charge in [-0.05, 0) is 0 Å². The molecule has 2 aromatic rings. The first-order chi connectivity index (χ1) is 13.0. The minimum atomic E-state index is -3.72. The quantitative estimate of drug-likeness (QED) is 0.452. The molecule has 0 aromatic heterocycles. The SMILES string of the molecule is O=C(C=Cc1ccccc1)[C]12[CH]3[CH]4[CH]5[CH]1[Fe]45321678[CH]2[CH]1[CH]6[C]7(c1ccccc1)[CH]28. The maximum atomic E-state index is 13.9. The second kappa shape index (κ2) is 1.32. The van der Waals surface area contributed by atoms with Crippen LogP contribution in [-0.4, -0.2) is 5.78 Å². The van der Waals surface area contributed by atoms with Gasteiger partial charge in [-0.3, -0.25) is 0 Å². The van der Waals surface area contributed by atoms with Crippen LogP contribution in [0.15, 0.2) is 66.7 Å². The monoisotopic (exact) mass is 392 g/mol. The van der Waals surface area contributed by atoms with Crippen LogP contribution in [0.1, 0.15) is 11.1 Å². The summed E-state index contributed by atoms with van der Waals surface area (Å²) in [5, 5.41) is 0. The van der Waals surface area contributed by atoms with Crippen LogP contribution in [0.4, 0.5) is 0 Å². The average molecular weight is 392 g/mol.